The van der Waals surface area contributed by atoms with Crippen molar-refractivity contribution in [3.8, 4) is 11.4 Å². The molecule has 2 aromatic carbocycles. The van der Waals surface area contributed by atoms with Crippen molar-refractivity contribution in [2.75, 3.05) is 7.11 Å². The first-order chi connectivity index (χ1) is 11.2. The molecule has 0 amide bonds. The second-order valence-electron chi connectivity index (χ2n) is 5.24. The molecule has 0 aliphatic heterocycles. The molecule has 1 aromatic heterocycles. The second kappa shape index (κ2) is 6.83. The number of aryl methyl sites for hydroxylation is 2. The maximum atomic E-state index is 5.39. The molecule has 0 bridgehead atoms. The van der Waals surface area contributed by atoms with Crippen LogP contribution in [0.4, 0.5) is 0 Å². The number of aromatic nitrogens is 4. The summed E-state index contributed by atoms with van der Waals surface area (Å²) >= 11 is 1.59. The van der Waals surface area contributed by atoms with Crippen LogP contribution >= 0.6 is 11.8 Å². The van der Waals surface area contributed by atoms with Crippen LogP contribution in [-0.4, -0.2) is 27.3 Å². The summed E-state index contributed by atoms with van der Waals surface area (Å²) in [4.78, 5) is 0. The summed E-state index contributed by atoms with van der Waals surface area (Å²) in [5.74, 6) is 1.63. The molecule has 0 radical (unpaired) electrons. The van der Waals surface area contributed by atoms with Crippen LogP contribution in [0.25, 0.3) is 5.69 Å². The fourth-order valence-corrected chi connectivity index (χ4v) is 3.13. The first-order valence-electron chi connectivity index (χ1n) is 7.29. The van der Waals surface area contributed by atoms with E-state index in [-0.39, 0.29) is 0 Å². The standard InChI is InChI=1S/C17H18N4OS/c1-12-8-9-15(10-13(12)2)21-17(18-19-20-21)23-11-14-6-4-5-7-16(14)22-3/h4-10H,11H2,1-3H3. The second-order valence-corrected chi connectivity index (χ2v) is 6.18. The van der Waals surface area contributed by atoms with Gasteiger partial charge in [0.1, 0.15) is 5.75 Å². The number of thioether (sulfide) groups is 1. The van der Waals surface area contributed by atoms with Crippen LogP contribution in [0.1, 0.15) is 16.7 Å². The molecule has 1 heterocycles. The molecule has 0 saturated heterocycles. The molecule has 5 nitrogen and oxygen atoms in total. The van der Waals surface area contributed by atoms with Crippen molar-refractivity contribution in [3.63, 3.8) is 0 Å². The summed E-state index contributed by atoms with van der Waals surface area (Å²) in [5.41, 5.74) is 4.57. The Balaban J connectivity index is 1.82. The van der Waals surface area contributed by atoms with Gasteiger partial charge in [0.15, 0.2) is 0 Å². The lowest BCUT2D eigenvalue weighted by molar-refractivity contribution is 0.411. The number of benzene rings is 2. The van der Waals surface area contributed by atoms with Crippen LogP contribution in [0.15, 0.2) is 47.6 Å². The van der Waals surface area contributed by atoms with Gasteiger partial charge < -0.3 is 4.74 Å². The quantitative estimate of drug-likeness (QED) is 0.671. The van der Waals surface area contributed by atoms with Crippen LogP contribution in [0.5, 0.6) is 5.75 Å². The van der Waals surface area contributed by atoms with Gasteiger partial charge in [0.25, 0.3) is 0 Å². The molecule has 23 heavy (non-hydrogen) atoms. The highest BCUT2D eigenvalue weighted by Crippen LogP contribution is 2.27. The van der Waals surface area contributed by atoms with E-state index in [0.717, 1.165) is 27.9 Å². The smallest absolute Gasteiger partial charge is 0.214 e. The van der Waals surface area contributed by atoms with E-state index in [1.54, 1.807) is 23.6 Å². The molecule has 0 saturated carbocycles. The van der Waals surface area contributed by atoms with Gasteiger partial charge in [0, 0.05) is 11.3 Å². The van der Waals surface area contributed by atoms with Gasteiger partial charge in [-0.1, -0.05) is 36.0 Å². The van der Waals surface area contributed by atoms with Gasteiger partial charge in [-0.2, -0.15) is 4.68 Å². The average molecular weight is 326 g/mol. The van der Waals surface area contributed by atoms with Gasteiger partial charge in [-0.25, -0.2) is 0 Å². The van der Waals surface area contributed by atoms with E-state index < -0.39 is 0 Å². The van der Waals surface area contributed by atoms with Crippen molar-refractivity contribution in [1.82, 2.24) is 20.2 Å². The molecule has 3 aromatic rings. The predicted octanol–water partition coefficient (Wildman–Crippen LogP) is 3.58. The third kappa shape index (κ3) is 3.37. The van der Waals surface area contributed by atoms with Crippen molar-refractivity contribution in [1.29, 1.82) is 0 Å². The number of tetrazole rings is 1. The number of hydrogen-bond acceptors (Lipinski definition) is 5. The minimum atomic E-state index is 0.745. The fraction of sp³-hybridized carbons (Fsp3) is 0.235. The molecule has 6 heteroatoms. The lowest BCUT2D eigenvalue weighted by Crippen LogP contribution is -2.00. The van der Waals surface area contributed by atoms with Crippen molar-refractivity contribution < 1.29 is 4.74 Å². The third-order valence-corrected chi connectivity index (χ3v) is 4.69. The molecule has 3 rings (SSSR count). The Hall–Kier alpha value is -2.34. The molecule has 0 aliphatic rings. The van der Waals surface area contributed by atoms with E-state index >= 15 is 0 Å². The summed E-state index contributed by atoms with van der Waals surface area (Å²) in [6.45, 7) is 4.18. The highest BCUT2D eigenvalue weighted by Gasteiger charge is 2.11. The maximum Gasteiger partial charge on any atom is 0.214 e. The molecular weight excluding hydrogens is 308 g/mol. The first-order valence-corrected chi connectivity index (χ1v) is 8.28. The number of rotatable bonds is 5. The summed E-state index contributed by atoms with van der Waals surface area (Å²) in [6.07, 6.45) is 0. The van der Waals surface area contributed by atoms with Crippen LogP contribution in [0.2, 0.25) is 0 Å². The van der Waals surface area contributed by atoms with Crippen LogP contribution in [-0.2, 0) is 5.75 Å². The van der Waals surface area contributed by atoms with Gasteiger partial charge >= 0.3 is 0 Å². The predicted molar refractivity (Wildman–Crippen MR) is 91.2 cm³/mol. The van der Waals surface area contributed by atoms with Gasteiger partial charge in [-0.3, -0.25) is 0 Å². The molecule has 0 atom stereocenters. The van der Waals surface area contributed by atoms with Gasteiger partial charge in [-0.15, -0.1) is 5.10 Å². The highest BCUT2D eigenvalue weighted by molar-refractivity contribution is 7.98. The maximum absolute atomic E-state index is 5.39. The fourth-order valence-electron chi connectivity index (χ4n) is 2.25. The van der Waals surface area contributed by atoms with E-state index in [0.29, 0.717) is 0 Å². The van der Waals surface area contributed by atoms with E-state index in [1.807, 2.05) is 24.3 Å². The van der Waals surface area contributed by atoms with E-state index in [2.05, 4.69) is 47.6 Å². The third-order valence-electron chi connectivity index (χ3n) is 3.73. The average Bonchev–Trinajstić information content (AvgIpc) is 3.04. The van der Waals surface area contributed by atoms with Crippen molar-refractivity contribution >= 4 is 11.8 Å². The summed E-state index contributed by atoms with van der Waals surface area (Å²) in [6, 6.07) is 14.2. The first kappa shape index (κ1) is 15.6. The number of hydrogen-bond donors (Lipinski definition) is 0. The van der Waals surface area contributed by atoms with Gasteiger partial charge in [-0.05, 0) is 53.6 Å². The molecule has 0 aliphatic carbocycles. The number of para-hydroxylation sites is 1. The zero-order valence-corrected chi connectivity index (χ0v) is 14.2. The summed E-state index contributed by atoms with van der Waals surface area (Å²) < 4.78 is 7.16. The largest absolute Gasteiger partial charge is 0.496 e. The Morgan fingerprint density at radius 1 is 1.09 bits per heavy atom. The highest BCUT2D eigenvalue weighted by atomic mass is 32.2. The van der Waals surface area contributed by atoms with E-state index in [9.17, 15) is 0 Å². The molecule has 0 unspecified atom stereocenters. The number of ether oxygens (including phenoxy) is 1. The molecule has 118 valence electrons. The van der Waals surface area contributed by atoms with Crippen molar-refractivity contribution in [2.45, 2.75) is 24.8 Å². The number of nitrogens with zero attached hydrogens (tertiary/aromatic N) is 4. The molecular formula is C17H18N4OS. The minimum absolute atomic E-state index is 0.745. The van der Waals surface area contributed by atoms with Gasteiger partial charge in [0.2, 0.25) is 5.16 Å². The summed E-state index contributed by atoms with van der Waals surface area (Å²) in [5, 5.41) is 12.8. The Morgan fingerprint density at radius 3 is 2.70 bits per heavy atom. The molecule has 0 fully saturated rings. The zero-order chi connectivity index (χ0) is 16.2. The lowest BCUT2D eigenvalue weighted by Gasteiger charge is -2.09. The summed E-state index contributed by atoms with van der Waals surface area (Å²) in [7, 11) is 1.68. The van der Waals surface area contributed by atoms with Crippen molar-refractivity contribution in [2.24, 2.45) is 0 Å². The monoisotopic (exact) mass is 326 g/mol. The van der Waals surface area contributed by atoms with Gasteiger partial charge in [0.05, 0.1) is 12.8 Å². The lowest BCUT2D eigenvalue weighted by atomic mass is 10.1. The normalized spacial score (nSPS) is 10.7. The Labute approximate surface area is 139 Å². The van der Waals surface area contributed by atoms with Crippen molar-refractivity contribution in [3.05, 3.63) is 59.2 Å². The SMILES string of the molecule is COc1ccccc1CSc1nnnn1-c1ccc(C)c(C)c1. The van der Waals surface area contributed by atoms with Crippen LogP contribution < -0.4 is 4.74 Å². The van der Waals surface area contributed by atoms with E-state index in [1.165, 1.54) is 11.1 Å². The van der Waals surface area contributed by atoms with Crippen LogP contribution in [0.3, 0.4) is 0 Å². The zero-order valence-electron chi connectivity index (χ0n) is 13.4. The molecule has 0 spiro atoms. The topological polar surface area (TPSA) is 52.8 Å². The number of methoxy groups -OCH3 is 1. The Kier molecular flexibility index (Phi) is 4.62. The minimum Gasteiger partial charge on any atom is -0.496 e. The Morgan fingerprint density at radius 2 is 1.91 bits per heavy atom. The van der Waals surface area contributed by atoms with E-state index in [4.69, 9.17) is 4.74 Å². The molecule has 0 N–H and O–H groups in total. The Bertz CT molecular complexity index is 816. The van der Waals surface area contributed by atoms with Crippen LogP contribution in [0, 0.1) is 13.8 Å².